The molecular formula is C17H30N6O2S2. The first-order valence-corrected chi connectivity index (χ1v) is 11.5. The van der Waals surface area contributed by atoms with Crippen LogP contribution in [0, 0.1) is 5.92 Å². The van der Waals surface area contributed by atoms with Gasteiger partial charge in [-0.15, -0.1) is 10.2 Å². The Morgan fingerprint density at radius 3 is 2.33 bits per heavy atom. The molecule has 8 nitrogen and oxygen atoms in total. The van der Waals surface area contributed by atoms with E-state index >= 15 is 0 Å². The van der Waals surface area contributed by atoms with Gasteiger partial charge in [0.15, 0.2) is 0 Å². The molecule has 1 aromatic heterocycles. The van der Waals surface area contributed by atoms with E-state index in [9.17, 15) is 9.59 Å². The van der Waals surface area contributed by atoms with Gasteiger partial charge in [-0.1, -0.05) is 43.3 Å². The minimum atomic E-state index is -0.00679. The lowest BCUT2D eigenvalue weighted by molar-refractivity contribution is -0.128. The van der Waals surface area contributed by atoms with Gasteiger partial charge in [0.25, 0.3) is 0 Å². The highest BCUT2D eigenvalue weighted by Crippen LogP contribution is 2.24. The highest BCUT2D eigenvalue weighted by molar-refractivity contribution is 8.00. The number of nitrogens with two attached hydrogens (primary N) is 1. The summed E-state index contributed by atoms with van der Waals surface area (Å²) < 4.78 is 1.35. The minimum Gasteiger partial charge on any atom is -0.352 e. The fourth-order valence-electron chi connectivity index (χ4n) is 3.16. The summed E-state index contributed by atoms with van der Waals surface area (Å²) >= 11 is 2.52. The van der Waals surface area contributed by atoms with E-state index in [1.54, 1.807) is 4.90 Å². The maximum Gasteiger partial charge on any atom is 0.233 e. The van der Waals surface area contributed by atoms with E-state index < -0.39 is 0 Å². The summed E-state index contributed by atoms with van der Waals surface area (Å²) in [5.74, 6) is 7.10. The number of aromatic nitrogens is 3. The third-order valence-corrected chi connectivity index (χ3v) is 6.74. The Bertz CT molecular complexity index is 635. The van der Waals surface area contributed by atoms with Crippen molar-refractivity contribution in [2.45, 2.75) is 62.8 Å². The van der Waals surface area contributed by atoms with Gasteiger partial charge in [-0.05, 0) is 32.6 Å². The topological polar surface area (TPSA) is 106 Å². The lowest BCUT2D eigenvalue weighted by atomic mass is 9.86. The zero-order chi connectivity index (χ0) is 19.8. The summed E-state index contributed by atoms with van der Waals surface area (Å²) in [5.41, 5.74) is 0. The summed E-state index contributed by atoms with van der Waals surface area (Å²) in [7, 11) is 0. The number of hydrogen-bond acceptors (Lipinski definition) is 7. The van der Waals surface area contributed by atoms with Gasteiger partial charge in [0, 0.05) is 19.1 Å². The minimum absolute atomic E-state index is 0.00679. The second kappa shape index (κ2) is 10.8. The summed E-state index contributed by atoms with van der Waals surface area (Å²) in [4.78, 5) is 26.1. The Morgan fingerprint density at radius 2 is 1.74 bits per heavy atom. The zero-order valence-corrected chi connectivity index (χ0v) is 17.9. The number of nitrogen functional groups attached to an aromatic ring is 1. The van der Waals surface area contributed by atoms with E-state index in [4.69, 9.17) is 5.84 Å². The van der Waals surface area contributed by atoms with E-state index in [1.807, 2.05) is 13.8 Å². The molecule has 2 amide bonds. The van der Waals surface area contributed by atoms with E-state index in [-0.39, 0.29) is 29.4 Å². The Balaban J connectivity index is 1.80. The Hall–Kier alpha value is -1.42. The monoisotopic (exact) mass is 414 g/mol. The largest absolute Gasteiger partial charge is 0.352 e. The van der Waals surface area contributed by atoms with Crippen LogP contribution in [0.4, 0.5) is 0 Å². The zero-order valence-electron chi connectivity index (χ0n) is 16.3. The molecule has 2 rings (SSSR count). The van der Waals surface area contributed by atoms with Crippen LogP contribution >= 0.6 is 23.5 Å². The fourth-order valence-corrected chi connectivity index (χ4v) is 4.65. The molecule has 0 bridgehead atoms. The fraction of sp³-hybridized carbons (Fsp3) is 0.765. The molecule has 0 saturated heterocycles. The van der Waals surface area contributed by atoms with Crippen LogP contribution < -0.4 is 11.2 Å². The van der Waals surface area contributed by atoms with Crippen LogP contribution in [0.1, 0.15) is 46.5 Å². The number of thioether (sulfide) groups is 2. The molecule has 152 valence electrons. The van der Waals surface area contributed by atoms with Crippen LogP contribution in [0.15, 0.2) is 10.3 Å². The van der Waals surface area contributed by atoms with Crippen molar-refractivity contribution in [2.75, 3.05) is 30.4 Å². The molecule has 1 saturated carbocycles. The van der Waals surface area contributed by atoms with Gasteiger partial charge in [0.2, 0.25) is 22.1 Å². The Morgan fingerprint density at radius 1 is 1.15 bits per heavy atom. The SMILES string of the molecule is CCN(CC)C(=O)CSc1nnc(SCC(=O)N[C@H]2CCCC[C@H]2C)n1N. The number of rotatable bonds is 9. The molecule has 1 aliphatic rings. The van der Waals surface area contributed by atoms with Crippen molar-refractivity contribution in [3.63, 3.8) is 0 Å². The van der Waals surface area contributed by atoms with Gasteiger partial charge >= 0.3 is 0 Å². The molecule has 2 atom stereocenters. The first kappa shape index (κ1) is 21.9. The highest BCUT2D eigenvalue weighted by Gasteiger charge is 2.23. The van der Waals surface area contributed by atoms with Crippen molar-refractivity contribution in [3.05, 3.63) is 0 Å². The van der Waals surface area contributed by atoms with Crippen LogP contribution in [-0.2, 0) is 9.59 Å². The summed E-state index contributed by atoms with van der Waals surface area (Å²) in [6.07, 6.45) is 4.64. The molecule has 1 heterocycles. The second-order valence-electron chi connectivity index (χ2n) is 6.71. The molecule has 27 heavy (non-hydrogen) atoms. The van der Waals surface area contributed by atoms with Gasteiger partial charge in [-0.3, -0.25) is 9.59 Å². The number of carbonyl (C=O) groups is 2. The van der Waals surface area contributed by atoms with Crippen LogP contribution in [0.25, 0.3) is 0 Å². The number of hydrogen-bond donors (Lipinski definition) is 2. The van der Waals surface area contributed by atoms with Gasteiger partial charge < -0.3 is 16.1 Å². The lowest BCUT2D eigenvalue weighted by Gasteiger charge is -2.29. The van der Waals surface area contributed by atoms with E-state index in [0.717, 1.165) is 6.42 Å². The van der Waals surface area contributed by atoms with Crippen molar-refractivity contribution >= 4 is 35.3 Å². The molecule has 0 radical (unpaired) electrons. The maximum absolute atomic E-state index is 12.2. The molecule has 0 spiro atoms. The molecular weight excluding hydrogens is 384 g/mol. The van der Waals surface area contributed by atoms with E-state index in [1.165, 1.54) is 47.5 Å². The molecule has 1 fully saturated rings. The maximum atomic E-state index is 12.2. The smallest absolute Gasteiger partial charge is 0.233 e. The third-order valence-electron chi connectivity index (χ3n) is 4.86. The number of carbonyl (C=O) groups excluding carboxylic acids is 2. The quantitative estimate of drug-likeness (QED) is 0.468. The van der Waals surface area contributed by atoms with Gasteiger partial charge in [-0.25, -0.2) is 4.68 Å². The van der Waals surface area contributed by atoms with Crippen LogP contribution in [0.2, 0.25) is 0 Å². The number of amides is 2. The van der Waals surface area contributed by atoms with Crippen molar-refractivity contribution in [1.82, 2.24) is 25.1 Å². The normalized spacial score (nSPS) is 19.7. The number of nitrogens with zero attached hydrogens (tertiary/aromatic N) is 4. The average Bonchev–Trinajstić information content (AvgIpc) is 3.01. The van der Waals surface area contributed by atoms with Crippen molar-refractivity contribution in [1.29, 1.82) is 0 Å². The van der Waals surface area contributed by atoms with Crippen molar-refractivity contribution in [3.8, 4) is 0 Å². The predicted molar refractivity (Wildman–Crippen MR) is 109 cm³/mol. The lowest BCUT2D eigenvalue weighted by Crippen LogP contribution is -2.41. The number of nitrogens with one attached hydrogen (secondary N) is 1. The first-order valence-electron chi connectivity index (χ1n) is 9.49. The summed E-state index contributed by atoms with van der Waals surface area (Å²) in [6, 6.07) is 0.264. The summed E-state index contributed by atoms with van der Waals surface area (Å²) in [6.45, 7) is 7.45. The van der Waals surface area contributed by atoms with Crippen LogP contribution in [-0.4, -0.2) is 62.2 Å². The van der Waals surface area contributed by atoms with Gasteiger partial charge in [-0.2, -0.15) is 0 Å². The van der Waals surface area contributed by atoms with E-state index in [2.05, 4.69) is 22.4 Å². The molecule has 3 N–H and O–H groups in total. The van der Waals surface area contributed by atoms with E-state index in [0.29, 0.717) is 29.3 Å². The standard InChI is InChI=1S/C17H30N6O2S2/c1-4-22(5-2)15(25)11-27-17-21-20-16(23(17)18)26-10-14(24)19-13-9-7-6-8-12(13)3/h12-13H,4-11,18H2,1-3H3,(H,19,24)/t12-,13+/m1/s1. The molecule has 0 unspecified atom stereocenters. The van der Waals surface area contributed by atoms with Gasteiger partial charge in [0.05, 0.1) is 11.5 Å². The Labute approximate surface area is 169 Å². The molecule has 10 heteroatoms. The van der Waals surface area contributed by atoms with Crippen LogP contribution in [0.3, 0.4) is 0 Å². The van der Waals surface area contributed by atoms with Crippen molar-refractivity contribution < 1.29 is 9.59 Å². The van der Waals surface area contributed by atoms with Gasteiger partial charge in [0.1, 0.15) is 0 Å². The highest BCUT2D eigenvalue weighted by atomic mass is 32.2. The molecule has 1 aromatic rings. The van der Waals surface area contributed by atoms with Crippen molar-refractivity contribution in [2.24, 2.45) is 5.92 Å². The first-order chi connectivity index (χ1) is 13.0. The molecule has 1 aliphatic carbocycles. The Kier molecular flexibility index (Phi) is 8.75. The molecule has 0 aliphatic heterocycles. The average molecular weight is 415 g/mol. The predicted octanol–water partition coefficient (Wildman–Crippen LogP) is 1.74. The molecule has 0 aromatic carbocycles. The second-order valence-corrected chi connectivity index (χ2v) is 8.60. The third kappa shape index (κ3) is 6.31. The summed E-state index contributed by atoms with van der Waals surface area (Å²) in [5, 5.41) is 12.1. The van der Waals surface area contributed by atoms with Crippen LogP contribution in [0.5, 0.6) is 0 Å².